The zero-order chi connectivity index (χ0) is 15.0. The number of nitrogens with zero attached hydrogens (tertiary/aromatic N) is 1. The van der Waals surface area contributed by atoms with Gasteiger partial charge < -0.3 is 5.73 Å². The van der Waals surface area contributed by atoms with Crippen LogP contribution in [0.5, 0.6) is 0 Å². The fourth-order valence-electron chi connectivity index (χ4n) is 1.96. The van der Waals surface area contributed by atoms with Gasteiger partial charge in [-0.2, -0.15) is 13.2 Å². The second kappa shape index (κ2) is 5.18. The van der Waals surface area contributed by atoms with E-state index in [0.717, 1.165) is 5.56 Å². The van der Waals surface area contributed by atoms with Crippen LogP contribution in [0.25, 0.3) is 0 Å². The maximum atomic E-state index is 12.6. The van der Waals surface area contributed by atoms with Gasteiger partial charge in [0.15, 0.2) is 5.01 Å². The Hall–Kier alpha value is -1.40. The Morgan fingerprint density at radius 2 is 1.75 bits per heavy atom. The van der Waals surface area contributed by atoms with Crippen molar-refractivity contribution in [2.75, 3.05) is 0 Å². The molecule has 2 N–H and O–H groups in total. The van der Waals surface area contributed by atoms with Crippen LogP contribution in [-0.4, -0.2) is 4.98 Å². The first-order valence-electron chi connectivity index (χ1n) is 6.07. The summed E-state index contributed by atoms with van der Waals surface area (Å²) < 4.78 is 37.8. The number of halogens is 3. The SMILES string of the molecule is CC(C)(c1ccccc1)C(N)c1cnc(C(F)(F)F)s1. The van der Waals surface area contributed by atoms with Crippen molar-refractivity contribution in [2.45, 2.75) is 31.5 Å². The van der Waals surface area contributed by atoms with E-state index in [2.05, 4.69) is 4.98 Å². The lowest BCUT2D eigenvalue weighted by atomic mass is 9.78. The third-order valence-electron chi connectivity index (χ3n) is 3.37. The van der Waals surface area contributed by atoms with E-state index in [1.807, 2.05) is 44.2 Å². The molecule has 2 rings (SSSR count). The first kappa shape index (κ1) is 15.0. The molecule has 0 aliphatic rings. The number of benzene rings is 1. The molecule has 0 amide bonds. The molecule has 0 fully saturated rings. The minimum Gasteiger partial charge on any atom is -0.323 e. The highest BCUT2D eigenvalue weighted by Gasteiger charge is 2.37. The molecule has 0 saturated carbocycles. The monoisotopic (exact) mass is 300 g/mol. The smallest absolute Gasteiger partial charge is 0.323 e. The molecule has 2 nitrogen and oxygen atoms in total. The van der Waals surface area contributed by atoms with E-state index in [4.69, 9.17) is 5.73 Å². The van der Waals surface area contributed by atoms with Crippen molar-refractivity contribution in [3.8, 4) is 0 Å². The number of alkyl halides is 3. The highest BCUT2D eigenvalue weighted by atomic mass is 32.1. The largest absolute Gasteiger partial charge is 0.443 e. The van der Waals surface area contributed by atoms with Gasteiger partial charge >= 0.3 is 6.18 Å². The van der Waals surface area contributed by atoms with Crippen molar-refractivity contribution in [3.63, 3.8) is 0 Å². The fraction of sp³-hybridized carbons (Fsp3) is 0.357. The van der Waals surface area contributed by atoms with Crippen LogP contribution in [0.4, 0.5) is 13.2 Å². The number of hydrogen-bond donors (Lipinski definition) is 1. The van der Waals surface area contributed by atoms with Crippen LogP contribution in [-0.2, 0) is 11.6 Å². The van der Waals surface area contributed by atoms with E-state index in [1.165, 1.54) is 6.20 Å². The van der Waals surface area contributed by atoms with Gasteiger partial charge in [0, 0.05) is 22.5 Å². The number of hydrogen-bond acceptors (Lipinski definition) is 3. The first-order valence-corrected chi connectivity index (χ1v) is 6.88. The van der Waals surface area contributed by atoms with Gasteiger partial charge in [-0.1, -0.05) is 44.2 Å². The Labute approximate surface area is 119 Å². The Kier molecular flexibility index (Phi) is 3.88. The van der Waals surface area contributed by atoms with Gasteiger partial charge in [-0.3, -0.25) is 0 Å². The van der Waals surface area contributed by atoms with Crippen molar-refractivity contribution in [1.29, 1.82) is 0 Å². The molecule has 0 saturated heterocycles. The average Bonchev–Trinajstić information content (AvgIpc) is 2.88. The van der Waals surface area contributed by atoms with Crippen molar-refractivity contribution < 1.29 is 13.2 Å². The zero-order valence-corrected chi connectivity index (χ0v) is 11.9. The van der Waals surface area contributed by atoms with Crippen LogP contribution in [0.1, 0.15) is 35.3 Å². The third kappa shape index (κ3) is 2.86. The molecule has 0 radical (unpaired) electrons. The molecule has 2 aromatic rings. The van der Waals surface area contributed by atoms with Gasteiger partial charge in [0.1, 0.15) is 0 Å². The first-order chi connectivity index (χ1) is 9.23. The van der Waals surface area contributed by atoms with E-state index in [9.17, 15) is 13.2 Å². The topological polar surface area (TPSA) is 38.9 Å². The van der Waals surface area contributed by atoms with E-state index in [-0.39, 0.29) is 0 Å². The summed E-state index contributed by atoms with van der Waals surface area (Å²) in [4.78, 5) is 3.87. The molecule has 0 bridgehead atoms. The summed E-state index contributed by atoms with van der Waals surface area (Å²) in [6.07, 6.45) is -3.19. The summed E-state index contributed by atoms with van der Waals surface area (Å²) in [6, 6.07) is 8.96. The van der Waals surface area contributed by atoms with Crippen molar-refractivity contribution in [1.82, 2.24) is 4.98 Å². The molecule has 6 heteroatoms. The van der Waals surface area contributed by atoms with Gasteiger partial charge in [-0.25, -0.2) is 4.98 Å². The molecule has 1 aromatic carbocycles. The molecule has 0 aliphatic heterocycles. The predicted molar refractivity (Wildman–Crippen MR) is 73.5 cm³/mol. The molecule has 1 aromatic heterocycles. The Morgan fingerprint density at radius 1 is 1.15 bits per heavy atom. The number of rotatable bonds is 3. The molecule has 108 valence electrons. The Balaban J connectivity index is 2.31. The second-order valence-corrected chi connectivity index (χ2v) is 6.19. The molecule has 1 unspecified atom stereocenters. The minimum atomic E-state index is -4.42. The van der Waals surface area contributed by atoms with Gasteiger partial charge in [0.05, 0.1) is 0 Å². The van der Waals surface area contributed by atoms with Crippen LogP contribution in [0, 0.1) is 0 Å². The van der Waals surface area contributed by atoms with Crippen LogP contribution in [0.3, 0.4) is 0 Å². The number of thiazole rings is 1. The summed E-state index contributed by atoms with van der Waals surface area (Å²) in [7, 11) is 0. The van der Waals surface area contributed by atoms with E-state index in [0.29, 0.717) is 16.2 Å². The van der Waals surface area contributed by atoms with Crippen molar-refractivity contribution >= 4 is 11.3 Å². The van der Waals surface area contributed by atoms with Crippen LogP contribution >= 0.6 is 11.3 Å². The summed E-state index contributed by atoms with van der Waals surface area (Å²) in [5.74, 6) is 0. The summed E-state index contributed by atoms with van der Waals surface area (Å²) in [5, 5.41) is -0.855. The van der Waals surface area contributed by atoms with Gasteiger partial charge in [-0.15, -0.1) is 11.3 Å². The molecular weight excluding hydrogens is 285 g/mol. The molecular formula is C14H15F3N2S. The maximum absolute atomic E-state index is 12.6. The molecule has 1 atom stereocenters. The highest BCUT2D eigenvalue weighted by Crippen LogP contribution is 2.40. The Bertz CT molecular complexity index is 576. The lowest BCUT2D eigenvalue weighted by Crippen LogP contribution is -2.32. The summed E-state index contributed by atoms with van der Waals surface area (Å²) in [6.45, 7) is 3.83. The Morgan fingerprint density at radius 3 is 2.25 bits per heavy atom. The highest BCUT2D eigenvalue weighted by molar-refractivity contribution is 7.11. The van der Waals surface area contributed by atoms with Crippen molar-refractivity contribution in [3.05, 3.63) is 52.0 Å². The lowest BCUT2D eigenvalue weighted by Gasteiger charge is -2.31. The normalized spacial score (nSPS) is 14.3. The maximum Gasteiger partial charge on any atom is 0.443 e. The van der Waals surface area contributed by atoms with Gasteiger partial charge in [0.2, 0.25) is 0 Å². The lowest BCUT2D eigenvalue weighted by molar-refractivity contribution is -0.137. The second-order valence-electron chi connectivity index (χ2n) is 5.13. The molecule has 0 spiro atoms. The average molecular weight is 300 g/mol. The fourth-order valence-corrected chi connectivity index (χ4v) is 2.94. The minimum absolute atomic E-state index is 0.436. The third-order valence-corrected chi connectivity index (χ3v) is 4.49. The number of aromatic nitrogens is 1. The quantitative estimate of drug-likeness (QED) is 0.925. The van der Waals surface area contributed by atoms with Gasteiger partial charge in [-0.05, 0) is 5.56 Å². The van der Waals surface area contributed by atoms with Crippen LogP contribution in [0.15, 0.2) is 36.5 Å². The zero-order valence-electron chi connectivity index (χ0n) is 11.1. The predicted octanol–water partition coefficient (Wildman–Crippen LogP) is 4.14. The summed E-state index contributed by atoms with van der Waals surface area (Å²) in [5.41, 5.74) is 6.67. The van der Waals surface area contributed by atoms with Gasteiger partial charge in [0.25, 0.3) is 0 Å². The van der Waals surface area contributed by atoms with E-state index >= 15 is 0 Å². The summed E-state index contributed by atoms with van der Waals surface area (Å²) >= 11 is 0.608. The molecule has 0 aliphatic carbocycles. The number of nitrogens with two attached hydrogens (primary N) is 1. The molecule has 1 heterocycles. The van der Waals surface area contributed by atoms with Crippen molar-refractivity contribution in [2.24, 2.45) is 5.73 Å². The van der Waals surface area contributed by atoms with E-state index in [1.54, 1.807) is 0 Å². The van der Waals surface area contributed by atoms with Crippen LogP contribution < -0.4 is 5.73 Å². The van der Waals surface area contributed by atoms with E-state index < -0.39 is 22.6 Å². The standard InChI is InChI=1S/C14H15F3N2S/c1-13(2,9-6-4-3-5-7-9)11(18)10-8-19-12(20-10)14(15,16)17/h3-8,11H,18H2,1-2H3. The van der Waals surface area contributed by atoms with Crippen LogP contribution in [0.2, 0.25) is 0 Å². The molecule has 20 heavy (non-hydrogen) atoms.